The molecule has 118 valence electrons. The summed E-state index contributed by atoms with van der Waals surface area (Å²) in [5.74, 6) is 0.262. The lowest BCUT2D eigenvalue weighted by atomic mass is 10.0. The molecule has 0 aromatic heterocycles. The second kappa shape index (κ2) is 7.40. The fourth-order valence-corrected chi connectivity index (χ4v) is 2.27. The molecule has 0 spiro atoms. The minimum absolute atomic E-state index is 0.0341. The smallest absolute Gasteiger partial charge is 0.311 e. The summed E-state index contributed by atoms with van der Waals surface area (Å²) < 4.78 is 5.01. The van der Waals surface area contributed by atoms with Crippen molar-refractivity contribution in [3.8, 4) is 5.75 Å². The summed E-state index contributed by atoms with van der Waals surface area (Å²) in [4.78, 5) is 10.6. The van der Waals surface area contributed by atoms with Crippen LogP contribution in [0.25, 0.3) is 18.2 Å². The zero-order valence-electron chi connectivity index (χ0n) is 13.4. The van der Waals surface area contributed by atoms with Crippen LogP contribution in [-0.2, 0) is 0 Å². The highest BCUT2D eigenvalue weighted by Crippen LogP contribution is 2.28. The lowest BCUT2D eigenvalue weighted by Gasteiger charge is -2.03. The second-order valence-electron chi connectivity index (χ2n) is 5.14. The molecule has 0 saturated heterocycles. The summed E-state index contributed by atoms with van der Waals surface area (Å²) in [7, 11) is 1.42. The number of rotatable bonds is 5. The molecule has 0 fully saturated rings. The molecular weight excluding hydrogens is 290 g/mol. The molecule has 0 heterocycles. The van der Waals surface area contributed by atoms with E-state index in [0.717, 1.165) is 16.7 Å². The van der Waals surface area contributed by atoms with Crippen LogP contribution in [-0.4, -0.2) is 12.0 Å². The Morgan fingerprint density at radius 1 is 1.04 bits per heavy atom. The van der Waals surface area contributed by atoms with Crippen LogP contribution in [0.15, 0.2) is 42.5 Å². The van der Waals surface area contributed by atoms with E-state index in [4.69, 9.17) is 4.74 Å². The number of nitro groups is 1. The Kier molecular flexibility index (Phi) is 5.31. The van der Waals surface area contributed by atoms with E-state index in [-0.39, 0.29) is 11.4 Å². The number of hydrogen-bond donors (Lipinski definition) is 0. The number of allylic oxidation sites excluding steroid dienone is 1. The summed E-state index contributed by atoms with van der Waals surface area (Å²) >= 11 is 0. The fourth-order valence-electron chi connectivity index (χ4n) is 2.27. The Labute approximate surface area is 135 Å². The Bertz CT molecular complexity index is 776. The molecular formula is C19H19NO3. The summed E-state index contributed by atoms with van der Waals surface area (Å²) in [5, 5.41) is 11.1. The van der Waals surface area contributed by atoms with Crippen molar-refractivity contribution in [3.05, 3.63) is 74.8 Å². The molecule has 23 heavy (non-hydrogen) atoms. The molecule has 0 unspecified atom stereocenters. The van der Waals surface area contributed by atoms with Gasteiger partial charge in [-0.2, -0.15) is 0 Å². The first kappa shape index (κ1) is 16.5. The van der Waals surface area contributed by atoms with Crippen LogP contribution < -0.4 is 4.74 Å². The number of nitrogens with zero attached hydrogens (tertiary/aromatic N) is 1. The molecule has 2 rings (SSSR count). The van der Waals surface area contributed by atoms with Gasteiger partial charge in [-0.1, -0.05) is 42.5 Å². The molecule has 0 amide bonds. The zero-order chi connectivity index (χ0) is 16.8. The predicted molar refractivity (Wildman–Crippen MR) is 94.5 cm³/mol. The average molecular weight is 309 g/mol. The highest BCUT2D eigenvalue weighted by molar-refractivity contribution is 5.73. The lowest BCUT2D eigenvalue weighted by Crippen LogP contribution is -1.93. The molecule has 0 bridgehead atoms. The van der Waals surface area contributed by atoms with E-state index in [0.29, 0.717) is 0 Å². The number of nitro benzene ring substituents is 1. The van der Waals surface area contributed by atoms with Crippen molar-refractivity contribution in [2.24, 2.45) is 0 Å². The van der Waals surface area contributed by atoms with Crippen molar-refractivity contribution in [1.82, 2.24) is 0 Å². The largest absolute Gasteiger partial charge is 0.490 e. The van der Waals surface area contributed by atoms with E-state index in [1.165, 1.54) is 18.7 Å². The van der Waals surface area contributed by atoms with E-state index in [1.54, 1.807) is 12.1 Å². The van der Waals surface area contributed by atoms with Crippen LogP contribution in [0.1, 0.15) is 29.2 Å². The Morgan fingerprint density at radius 2 is 1.70 bits per heavy atom. The molecule has 0 aliphatic rings. The van der Waals surface area contributed by atoms with E-state index in [1.807, 2.05) is 31.2 Å². The van der Waals surface area contributed by atoms with Crippen molar-refractivity contribution in [1.29, 1.82) is 0 Å². The maximum atomic E-state index is 11.1. The Morgan fingerprint density at radius 3 is 2.30 bits per heavy atom. The van der Waals surface area contributed by atoms with Crippen molar-refractivity contribution >= 4 is 23.9 Å². The Hall–Kier alpha value is -2.88. The van der Waals surface area contributed by atoms with Gasteiger partial charge < -0.3 is 4.74 Å². The number of ether oxygens (including phenoxy) is 1. The van der Waals surface area contributed by atoms with Crippen LogP contribution >= 0.6 is 0 Å². The van der Waals surface area contributed by atoms with Gasteiger partial charge in [0.2, 0.25) is 0 Å². The molecule has 0 aliphatic carbocycles. The minimum Gasteiger partial charge on any atom is -0.490 e. The van der Waals surface area contributed by atoms with E-state index < -0.39 is 4.92 Å². The molecule has 0 saturated carbocycles. The molecule has 0 N–H and O–H groups in total. The van der Waals surface area contributed by atoms with Crippen LogP contribution in [0.5, 0.6) is 5.75 Å². The van der Waals surface area contributed by atoms with Crippen LogP contribution in [0, 0.1) is 17.0 Å². The van der Waals surface area contributed by atoms with E-state index in [9.17, 15) is 10.1 Å². The minimum atomic E-state index is -0.438. The van der Waals surface area contributed by atoms with E-state index >= 15 is 0 Å². The van der Waals surface area contributed by atoms with Crippen molar-refractivity contribution in [2.75, 3.05) is 7.11 Å². The van der Waals surface area contributed by atoms with Gasteiger partial charge in [0.15, 0.2) is 5.75 Å². The fraction of sp³-hybridized carbons (Fsp3) is 0.158. The molecule has 0 aliphatic heterocycles. The SMILES string of the molecule is C/C=C\c1cc(/C=C\c2ccc(OC)c([N+](=O)[O-])c2)ccc1C. The highest BCUT2D eigenvalue weighted by atomic mass is 16.6. The normalized spacial score (nSPS) is 11.3. The van der Waals surface area contributed by atoms with E-state index in [2.05, 4.69) is 25.1 Å². The third-order valence-electron chi connectivity index (χ3n) is 3.52. The summed E-state index contributed by atoms with van der Waals surface area (Å²) in [6.07, 6.45) is 7.86. The van der Waals surface area contributed by atoms with Crippen LogP contribution in [0.3, 0.4) is 0 Å². The van der Waals surface area contributed by atoms with Gasteiger partial charge in [0.1, 0.15) is 0 Å². The molecule has 2 aromatic carbocycles. The first-order valence-electron chi connectivity index (χ1n) is 7.29. The first-order valence-corrected chi connectivity index (χ1v) is 7.29. The average Bonchev–Trinajstić information content (AvgIpc) is 2.55. The number of aryl methyl sites for hydroxylation is 1. The van der Waals surface area contributed by atoms with Gasteiger partial charge in [0.05, 0.1) is 12.0 Å². The maximum absolute atomic E-state index is 11.1. The molecule has 0 atom stereocenters. The van der Waals surface area contributed by atoms with Gasteiger partial charge in [0, 0.05) is 6.07 Å². The monoisotopic (exact) mass is 309 g/mol. The molecule has 0 radical (unpaired) electrons. The van der Waals surface area contributed by atoms with Crippen molar-refractivity contribution in [2.45, 2.75) is 13.8 Å². The predicted octanol–water partition coefficient (Wildman–Crippen LogP) is 5.12. The third kappa shape index (κ3) is 4.07. The van der Waals surface area contributed by atoms with Crippen LogP contribution in [0.4, 0.5) is 5.69 Å². The topological polar surface area (TPSA) is 52.4 Å². The number of benzene rings is 2. The lowest BCUT2D eigenvalue weighted by molar-refractivity contribution is -0.385. The zero-order valence-corrected chi connectivity index (χ0v) is 13.4. The highest BCUT2D eigenvalue weighted by Gasteiger charge is 2.14. The van der Waals surface area contributed by atoms with Crippen molar-refractivity contribution < 1.29 is 9.66 Å². The number of hydrogen-bond acceptors (Lipinski definition) is 3. The summed E-state index contributed by atoms with van der Waals surface area (Å²) in [6, 6.07) is 11.1. The van der Waals surface area contributed by atoms with Gasteiger partial charge in [-0.3, -0.25) is 10.1 Å². The van der Waals surface area contributed by atoms with Gasteiger partial charge >= 0.3 is 5.69 Å². The van der Waals surface area contributed by atoms with Gasteiger partial charge in [-0.05, 0) is 48.2 Å². The molecule has 2 aromatic rings. The quantitative estimate of drug-likeness (QED) is 0.438. The Balaban J connectivity index is 2.32. The molecule has 4 heteroatoms. The maximum Gasteiger partial charge on any atom is 0.311 e. The third-order valence-corrected chi connectivity index (χ3v) is 3.52. The standard InChI is InChI=1S/C19H19NO3/c1-4-5-17-12-15(7-6-14(17)2)8-9-16-10-11-19(23-3)18(13-16)20(21)22/h4-13H,1-3H3/b5-4-,9-8-. The van der Waals surface area contributed by atoms with Gasteiger partial charge in [0.25, 0.3) is 0 Å². The van der Waals surface area contributed by atoms with Crippen molar-refractivity contribution in [3.63, 3.8) is 0 Å². The van der Waals surface area contributed by atoms with Gasteiger partial charge in [-0.25, -0.2) is 0 Å². The summed E-state index contributed by atoms with van der Waals surface area (Å²) in [6.45, 7) is 4.05. The second-order valence-corrected chi connectivity index (χ2v) is 5.14. The summed E-state index contributed by atoms with van der Waals surface area (Å²) in [5.41, 5.74) is 4.14. The van der Waals surface area contributed by atoms with Crippen LogP contribution in [0.2, 0.25) is 0 Å². The van der Waals surface area contributed by atoms with Gasteiger partial charge in [-0.15, -0.1) is 0 Å². The number of methoxy groups -OCH3 is 1. The first-order chi connectivity index (χ1) is 11.0. The molecule has 4 nitrogen and oxygen atoms in total.